The standard InChI is InChI=1S/2CHO.2ClH.2Rh/c2*1-2;;;;/h2*1H;2*1H;;/q;;;;2*+1/p-2. The third kappa shape index (κ3) is 27.2. The van der Waals surface area contributed by atoms with Gasteiger partial charge < -0.3 is 0 Å². The van der Waals surface area contributed by atoms with E-state index < -0.39 is 0 Å². The Bertz CT molecular complexity index is 52.0. The molecule has 8 heavy (non-hydrogen) atoms. The zero-order valence-corrected chi connectivity index (χ0v) is 8.18. The average Bonchev–Trinajstić information content (AvgIpc) is 1.88. The van der Waals surface area contributed by atoms with Crippen LogP contribution in [-0.4, -0.2) is 9.76 Å². The van der Waals surface area contributed by atoms with Crippen molar-refractivity contribution in [3.05, 3.63) is 0 Å². The van der Waals surface area contributed by atoms with E-state index in [0.717, 1.165) is 0 Å². The monoisotopic (exact) mass is 334 g/mol. The second-order valence-electron chi connectivity index (χ2n) is 0.303. The molecular weight excluding hydrogens is 333 g/mol. The first-order valence-corrected chi connectivity index (χ1v) is 7.22. The van der Waals surface area contributed by atoms with Crippen molar-refractivity contribution < 1.29 is 41.9 Å². The number of carbonyl (C=O) groups excluding carboxylic acids is 2. The summed E-state index contributed by atoms with van der Waals surface area (Å²) in [6.07, 6.45) is 0. The molecule has 0 fully saturated rings. The van der Waals surface area contributed by atoms with E-state index in [0.29, 0.717) is 9.76 Å². The quantitative estimate of drug-likeness (QED) is 0.553. The molecule has 0 aliphatic rings. The molecule has 0 amide bonds. The maximum absolute atomic E-state index is 9.07. The van der Waals surface area contributed by atoms with Crippen LogP contribution in [0.3, 0.4) is 0 Å². The Morgan fingerprint density at radius 1 is 1.00 bits per heavy atom. The number of halogens is 2. The summed E-state index contributed by atoms with van der Waals surface area (Å²) in [6, 6.07) is 0. The predicted octanol–water partition coefficient (Wildman–Crippen LogP) is 0.826. The van der Waals surface area contributed by atoms with E-state index in [9.17, 15) is 0 Å². The molecule has 0 N–H and O–H groups in total. The van der Waals surface area contributed by atoms with Gasteiger partial charge in [0.25, 0.3) is 0 Å². The molecule has 54 valence electrons. The van der Waals surface area contributed by atoms with E-state index in [1.165, 1.54) is 0 Å². The van der Waals surface area contributed by atoms with Crippen LogP contribution in [0.4, 0.5) is 0 Å². The molecule has 0 aliphatic heterocycles. The molecule has 0 atom stereocenters. The molecule has 0 saturated carbocycles. The van der Waals surface area contributed by atoms with E-state index in [2.05, 4.69) is 0 Å². The van der Waals surface area contributed by atoms with Crippen molar-refractivity contribution >= 4 is 29.1 Å². The second-order valence-corrected chi connectivity index (χ2v) is 3.51. The molecule has 0 aromatic rings. The third-order valence-corrected chi connectivity index (χ3v) is 1.05. The molecule has 0 radical (unpaired) electrons. The molecule has 0 rings (SSSR count). The fourth-order valence-electron chi connectivity index (χ4n) is 0. The van der Waals surface area contributed by atoms with Gasteiger partial charge in [0.05, 0.1) is 0 Å². The van der Waals surface area contributed by atoms with Crippen LogP contribution >= 0.6 is 19.4 Å². The van der Waals surface area contributed by atoms with E-state index >= 15 is 0 Å². The summed E-state index contributed by atoms with van der Waals surface area (Å²) in [6.45, 7) is 0. The maximum atomic E-state index is 9.07. The minimum atomic E-state index is -0.340. The molecule has 0 heterocycles. The third-order valence-electron chi connectivity index (χ3n) is 0.0594. The van der Waals surface area contributed by atoms with Gasteiger partial charge in [-0.1, -0.05) is 0 Å². The molecule has 0 aromatic heterocycles. The van der Waals surface area contributed by atoms with Gasteiger partial charge in [-0.15, -0.1) is 0 Å². The SMILES string of the molecule is O=[CH][Rh][Cl].O=[CH][Rh][Cl]. The zero-order chi connectivity index (χ0) is 6.83. The minimum absolute atomic E-state index is 0.340. The van der Waals surface area contributed by atoms with Crippen molar-refractivity contribution in [3.63, 3.8) is 0 Å². The zero-order valence-electron chi connectivity index (χ0n) is 3.39. The van der Waals surface area contributed by atoms with Crippen molar-refractivity contribution in [1.82, 2.24) is 0 Å². The number of hydrogen-bond donors (Lipinski definition) is 0. The van der Waals surface area contributed by atoms with Gasteiger partial charge in [-0.3, -0.25) is 0 Å². The van der Waals surface area contributed by atoms with Crippen molar-refractivity contribution in [3.8, 4) is 0 Å². The molecule has 2 nitrogen and oxygen atoms in total. The normalized spacial score (nSPS) is 7.25. The van der Waals surface area contributed by atoms with Crippen LogP contribution in [0.5, 0.6) is 0 Å². The Labute approximate surface area is 70.6 Å². The van der Waals surface area contributed by atoms with Crippen LogP contribution in [0.1, 0.15) is 0 Å². The van der Waals surface area contributed by atoms with Gasteiger partial charge in [-0.25, -0.2) is 0 Å². The average molecular weight is 335 g/mol. The summed E-state index contributed by atoms with van der Waals surface area (Å²) in [5, 5.41) is 0. The molecule has 0 bridgehead atoms. The van der Waals surface area contributed by atoms with Crippen molar-refractivity contribution in [2.45, 2.75) is 0 Å². The van der Waals surface area contributed by atoms with Crippen LogP contribution < -0.4 is 0 Å². The number of carbonyl (C=O) groups is 2. The summed E-state index contributed by atoms with van der Waals surface area (Å²) in [4.78, 5) is 19.6. The number of hydrogen-bond acceptors (Lipinski definition) is 2. The fourth-order valence-corrected chi connectivity index (χ4v) is 0. The van der Waals surface area contributed by atoms with Crippen LogP contribution in [0.2, 0.25) is 0 Å². The Kier molecular flexibility index (Phi) is 23.4. The molecule has 6 heteroatoms. The van der Waals surface area contributed by atoms with Crippen LogP contribution in [-0.2, 0) is 41.9 Å². The van der Waals surface area contributed by atoms with Gasteiger partial charge >= 0.3 is 71.0 Å². The molecule has 0 saturated heterocycles. The first kappa shape index (κ1) is 11.9. The first-order chi connectivity index (χ1) is 3.83. The van der Waals surface area contributed by atoms with E-state index in [4.69, 9.17) is 29.0 Å². The van der Waals surface area contributed by atoms with Crippen LogP contribution in [0, 0.1) is 0 Å². The summed E-state index contributed by atoms with van der Waals surface area (Å²) < 4.78 is 0. The first-order valence-electron chi connectivity index (χ1n) is 1.11. The Morgan fingerprint density at radius 3 is 1.12 bits per heavy atom. The van der Waals surface area contributed by atoms with Gasteiger partial charge in [0.1, 0.15) is 0 Å². The summed E-state index contributed by atoms with van der Waals surface area (Å²) in [5.41, 5.74) is 0. The van der Waals surface area contributed by atoms with Crippen molar-refractivity contribution in [2.24, 2.45) is 0 Å². The van der Waals surface area contributed by atoms with Crippen LogP contribution in [0.15, 0.2) is 0 Å². The van der Waals surface area contributed by atoms with Crippen molar-refractivity contribution in [2.75, 3.05) is 0 Å². The Hall–Kier alpha value is 1.17. The molecular formula is C2H2Cl2O2Rh2. The van der Waals surface area contributed by atoms with Gasteiger partial charge in [0, 0.05) is 0 Å². The number of rotatable bonds is 2. The molecule has 0 aliphatic carbocycles. The van der Waals surface area contributed by atoms with E-state index in [1.54, 1.807) is 0 Å². The Morgan fingerprint density at radius 2 is 1.12 bits per heavy atom. The van der Waals surface area contributed by atoms with Gasteiger partial charge in [0.2, 0.25) is 0 Å². The van der Waals surface area contributed by atoms with Crippen molar-refractivity contribution in [1.29, 1.82) is 0 Å². The van der Waals surface area contributed by atoms with Gasteiger partial charge in [-0.05, 0) is 0 Å². The second kappa shape index (κ2) is 15.7. The summed E-state index contributed by atoms with van der Waals surface area (Å²) >= 11 is -0.680. The molecule has 0 aromatic carbocycles. The van der Waals surface area contributed by atoms with E-state index in [1.807, 2.05) is 0 Å². The van der Waals surface area contributed by atoms with E-state index in [-0.39, 0.29) is 32.3 Å². The summed E-state index contributed by atoms with van der Waals surface area (Å²) in [7, 11) is 9.78. The Balaban J connectivity index is 0. The van der Waals surface area contributed by atoms with Gasteiger partial charge in [0.15, 0.2) is 0 Å². The topological polar surface area (TPSA) is 34.1 Å². The van der Waals surface area contributed by atoms with Gasteiger partial charge in [-0.2, -0.15) is 0 Å². The molecule has 0 unspecified atom stereocenters. The predicted molar refractivity (Wildman–Crippen MR) is 25.2 cm³/mol. The molecule has 0 spiro atoms. The van der Waals surface area contributed by atoms with Crippen LogP contribution in [0.25, 0.3) is 0 Å². The summed E-state index contributed by atoms with van der Waals surface area (Å²) in [5.74, 6) is 0. The fraction of sp³-hybridized carbons (Fsp3) is 0.